The molecule has 0 N–H and O–H groups in total. The number of rotatable bonds is 1. The van der Waals surface area contributed by atoms with Gasteiger partial charge in [-0.3, -0.25) is 0 Å². The van der Waals surface area contributed by atoms with Gasteiger partial charge in [-0.1, -0.05) is 0 Å². The molecular formula is C2H5AlO2. The second kappa shape index (κ2) is 8.82. The maximum absolute atomic E-state index is 4.46. The Kier molecular flexibility index (Phi) is 16.0. The molecule has 28 valence electrons. The zero-order valence-corrected chi connectivity index (χ0v) is 4.26. The van der Waals surface area contributed by atoms with Crippen LogP contribution in [-0.4, -0.2) is 23.2 Å². The predicted octanol–water partition coefficient (Wildman–Crippen LogP) is -0.0124. The molecule has 3 heteroatoms. The third-order valence-corrected chi connectivity index (χ3v) is 0.500. The van der Waals surface area contributed by atoms with Crippen LogP contribution in [0, 0.1) is 0 Å². The van der Waals surface area contributed by atoms with E-state index in [0.717, 1.165) is 6.61 Å². The quantitative estimate of drug-likeness (QED) is 0.415. The van der Waals surface area contributed by atoms with Crippen LogP contribution in [0.5, 0.6) is 0 Å². The summed E-state index contributed by atoms with van der Waals surface area (Å²) in [6, 6.07) is 0. The first kappa shape index (κ1) is 9.07. The van der Waals surface area contributed by atoms with Gasteiger partial charge in [0.1, 0.15) is 0 Å². The van der Waals surface area contributed by atoms with Crippen molar-refractivity contribution in [2.45, 2.75) is 6.92 Å². The molecule has 0 spiro atoms. The SMILES string of the molecule is CC[O][Al+2].[O-2]. The molecule has 0 aliphatic carbocycles. The fourth-order valence-corrected chi connectivity index (χ4v) is 0. The number of hydrogen-bond donors (Lipinski definition) is 0. The van der Waals surface area contributed by atoms with Crippen molar-refractivity contribution in [3.05, 3.63) is 0 Å². The predicted molar refractivity (Wildman–Crippen MR) is 18.1 cm³/mol. The summed E-state index contributed by atoms with van der Waals surface area (Å²) in [6.07, 6.45) is 0. The van der Waals surface area contributed by atoms with Crippen molar-refractivity contribution in [2.24, 2.45) is 0 Å². The Balaban J connectivity index is 0. The van der Waals surface area contributed by atoms with Crippen molar-refractivity contribution in [1.82, 2.24) is 0 Å². The fourth-order valence-electron chi connectivity index (χ4n) is 0. The fraction of sp³-hybridized carbons (Fsp3) is 1.00. The van der Waals surface area contributed by atoms with Crippen molar-refractivity contribution in [3.63, 3.8) is 0 Å². The van der Waals surface area contributed by atoms with Crippen LogP contribution in [0.15, 0.2) is 0 Å². The van der Waals surface area contributed by atoms with E-state index in [1.807, 2.05) is 6.92 Å². The van der Waals surface area contributed by atoms with Gasteiger partial charge in [0.05, 0.1) is 0 Å². The summed E-state index contributed by atoms with van der Waals surface area (Å²) in [7, 11) is 0. The van der Waals surface area contributed by atoms with Crippen molar-refractivity contribution < 1.29 is 9.26 Å². The first-order valence-electron chi connectivity index (χ1n) is 1.23. The monoisotopic (exact) mass is 88.0 g/mol. The van der Waals surface area contributed by atoms with Crippen LogP contribution in [0.1, 0.15) is 6.92 Å². The zero-order chi connectivity index (χ0) is 3.41. The van der Waals surface area contributed by atoms with Gasteiger partial charge < -0.3 is 5.48 Å². The molecule has 0 aromatic rings. The average molecular weight is 88.0 g/mol. The van der Waals surface area contributed by atoms with E-state index in [2.05, 4.69) is 20.4 Å². The maximum atomic E-state index is 4.46. The zero-order valence-electron chi connectivity index (χ0n) is 3.10. The van der Waals surface area contributed by atoms with Crippen LogP contribution >= 0.6 is 0 Å². The molecule has 0 atom stereocenters. The third-order valence-electron chi connectivity index (χ3n) is 0.167. The molecule has 2 nitrogen and oxygen atoms in total. The summed E-state index contributed by atoms with van der Waals surface area (Å²) < 4.78 is 4.46. The Morgan fingerprint density at radius 3 is 2.00 bits per heavy atom. The molecule has 0 aliphatic heterocycles. The summed E-state index contributed by atoms with van der Waals surface area (Å²) in [5.41, 5.74) is 0. The Morgan fingerprint density at radius 1 is 1.80 bits per heavy atom. The molecule has 5 heavy (non-hydrogen) atoms. The van der Waals surface area contributed by atoms with Crippen LogP contribution < -0.4 is 0 Å². The topological polar surface area (TPSA) is 37.7 Å². The van der Waals surface area contributed by atoms with Gasteiger partial charge in [-0.25, -0.2) is 0 Å². The van der Waals surface area contributed by atoms with E-state index in [4.69, 9.17) is 0 Å². The van der Waals surface area contributed by atoms with Gasteiger partial charge in [0.25, 0.3) is 0 Å². The van der Waals surface area contributed by atoms with Crippen LogP contribution in [0.3, 0.4) is 0 Å². The summed E-state index contributed by atoms with van der Waals surface area (Å²) in [5.74, 6) is 0. The van der Waals surface area contributed by atoms with Gasteiger partial charge >= 0.3 is 33.9 Å². The standard InChI is InChI=1S/C2H5O.Al.O/c1-2-3;;/h2H2,1H3;;/q-1;+3;-2. The van der Waals surface area contributed by atoms with Gasteiger partial charge in [-0.2, -0.15) is 0 Å². The number of hydrogen-bond acceptors (Lipinski definition) is 1. The molecule has 0 aliphatic rings. The van der Waals surface area contributed by atoms with E-state index < -0.39 is 0 Å². The van der Waals surface area contributed by atoms with Crippen molar-refractivity contribution >= 4 is 16.6 Å². The molecular weight excluding hydrogens is 83.0 g/mol. The molecule has 0 amide bonds. The third kappa shape index (κ3) is 12.7. The molecule has 0 aromatic heterocycles. The Bertz CT molecular complexity index is 9.61. The molecule has 0 saturated carbocycles. The van der Waals surface area contributed by atoms with Crippen LogP contribution in [-0.2, 0) is 9.26 Å². The summed E-state index contributed by atoms with van der Waals surface area (Å²) >= 11 is 2.16. The second-order valence-corrected chi connectivity index (χ2v) is 0.789. The van der Waals surface area contributed by atoms with Gasteiger partial charge in [0, 0.05) is 0 Å². The Labute approximate surface area is 40.2 Å². The smallest absolute Gasteiger partial charge is 2.00 e. The summed E-state index contributed by atoms with van der Waals surface area (Å²) in [4.78, 5) is 0. The second-order valence-electron chi connectivity index (χ2n) is 0.455. The Morgan fingerprint density at radius 2 is 2.00 bits per heavy atom. The van der Waals surface area contributed by atoms with Crippen molar-refractivity contribution in [1.29, 1.82) is 0 Å². The average Bonchev–Trinajstić information content (AvgIpc) is 1.37. The van der Waals surface area contributed by atoms with E-state index in [0.29, 0.717) is 0 Å². The van der Waals surface area contributed by atoms with E-state index in [1.54, 1.807) is 0 Å². The van der Waals surface area contributed by atoms with E-state index in [1.165, 1.54) is 0 Å². The molecule has 0 aromatic carbocycles. The largest absolute Gasteiger partial charge is 2.00 e. The molecule has 0 fully saturated rings. The molecule has 0 radical (unpaired) electrons. The van der Waals surface area contributed by atoms with Crippen LogP contribution in [0.2, 0.25) is 0 Å². The minimum atomic E-state index is 0. The first-order valence-corrected chi connectivity index (χ1v) is 1.70. The molecule has 0 unspecified atom stereocenters. The maximum Gasteiger partial charge on any atom is -2.00 e. The molecule has 0 bridgehead atoms. The minimum absolute atomic E-state index is 0. The van der Waals surface area contributed by atoms with Gasteiger partial charge in [0.15, 0.2) is 0 Å². The first-order chi connectivity index (χ1) is 1.91. The normalized spacial score (nSPS) is 6.20. The summed E-state index contributed by atoms with van der Waals surface area (Å²) in [5, 5.41) is 0. The van der Waals surface area contributed by atoms with Crippen molar-refractivity contribution in [3.8, 4) is 0 Å². The Hall–Kier alpha value is 0.452. The van der Waals surface area contributed by atoms with E-state index >= 15 is 0 Å². The van der Waals surface area contributed by atoms with Gasteiger partial charge in [-0.15, -0.1) is 0 Å². The van der Waals surface area contributed by atoms with Gasteiger partial charge in [0.2, 0.25) is 0 Å². The minimum Gasteiger partial charge on any atom is -2.00 e. The van der Waals surface area contributed by atoms with E-state index in [-0.39, 0.29) is 5.48 Å². The van der Waals surface area contributed by atoms with Gasteiger partial charge in [-0.05, 0) is 0 Å². The van der Waals surface area contributed by atoms with Crippen LogP contribution in [0.4, 0.5) is 0 Å². The van der Waals surface area contributed by atoms with Crippen LogP contribution in [0.25, 0.3) is 0 Å². The molecule has 0 saturated heterocycles. The van der Waals surface area contributed by atoms with Crippen molar-refractivity contribution in [2.75, 3.05) is 6.61 Å². The van der Waals surface area contributed by atoms with E-state index in [9.17, 15) is 0 Å². The summed E-state index contributed by atoms with van der Waals surface area (Å²) in [6.45, 7) is 2.72. The molecule has 0 heterocycles. The molecule has 0 rings (SSSR count).